The van der Waals surface area contributed by atoms with Crippen LogP contribution in [0.2, 0.25) is 0 Å². The maximum atomic E-state index is 13.7. The van der Waals surface area contributed by atoms with Crippen molar-refractivity contribution in [3.05, 3.63) is 239 Å². The minimum atomic E-state index is -0.378. The van der Waals surface area contributed by atoms with Crippen LogP contribution in [0.5, 0.6) is 0 Å². The van der Waals surface area contributed by atoms with Crippen LogP contribution in [0.1, 0.15) is 54.1 Å². The molecule has 4 nitrogen and oxygen atoms in total. The van der Waals surface area contributed by atoms with Gasteiger partial charge in [-0.05, 0) is 49.5 Å². The summed E-state index contributed by atoms with van der Waals surface area (Å²) in [6.07, 6.45) is 1.05. The highest BCUT2D eigenvalue weighted by molar-refractivity contribution is 6.61. The van der Waals surface area contributed by atoms with E-state index in [-0.39, 0.29) is 23.1 Å². The van der Waals surface area contributed by atoms with Gasteiger partial charge >= 0.3 is 0 Å². The van der Waals surface area contributed by atoms with E-state index < -0.39 is 0 Å². The van der Waals surface area contributed by atoms with Gasteiger partial charge in [-0.1, -0.05) is 194 Å². The number of fused-ring (bicyclic) bond motifs is 3. The van der Waals surface area contributed by atoms with Crippen molar-refractivity contribution >= 4 is 67.0 Å². The van der Waals surface area contributed by atoms with Gasteiger partial charge in [-0.3, -0.25) is 19.2 Å². The lowest BCUT2D eigenvalue weighted by Gasteiger charge is -2.09. The zero-order valence-electron chi connectivity index (χ0n) is 31.5. The minimum absolute atomic E-state index is 0.119. The van der Waals surface area contributed by atoms with Crippen molar-refractivity contribution in [3.63, 3.8) is 0 Å². The average Bonchev–Trinajstić information content (AvgIpc) is 3.85. The predicted octanol–water partition coefficient (Wildman–Crippen LogP) is 11.5. The second kappa shape index (κ2) is 15.5. The molecule has 0 atom stereocenters. The fourth-order valence-corrected chi connectivity index (χ4v) is 8.33. The van der Waals surface area contributed by atoms with Gasteiger partial charge in [0.05, 0.1) is 0 Å². The zero-order valence-corrected chi connectivity index (χ0v) is 31.5. The first-order chi connectivity index (χ1) is 28.5. The molecule has 0 fully saturated rings. The van der Waals surface area contributed by atoms with Crippen molar-refractivity contribution in [2.45, 2.75) is 12.8 Å². The van der Waals surface area contributed by atoms with E-state index in [1.807, 2.05) is 133 Å². The van der Waals surface area contributed by atoms with Gasteiger partial charge in [0.1, 0.15) is 5.78 Å². The molecule has 0 heterocycles. The first-order valence-corrected chi connectivity index (χ1v) is 19.3. The molecule has 0 saturated heterocycles. The summed E-state index contributed by atoms with van der Waals surface area (Å²) in [7, 11) is 0. The van der Waals surface area contributed by atoms with Crippen LogP contribution in [0.4, 0.5) is 0 Å². The lowest BCUT2D eigenvalue weighted by Crippen LogP contribution is -2.06. The summed E-state index contributed by atoms with van der Waals surface area (Å²) >= 11 is 0. The Morgan fingerprint density at radius 2 is 0.638 bits per heavy atom. The minimum Gasteiger partial charge on any atom is -0.299 e. The van der Waals surface area contributed by atoms with Gasteiger partial charge in [-0.25, -0.2) is 0 Å². The monoisotopic (exact) mass is 748 g/mol. The van der Waals surface area contributed by atoms with Crippen molar-refractivity contribution in [1.82, 2.24) is 0 Å². The summed E-state index contributed by atoms with van der Waals surface area (Å²) in [6.45, 7) is 0. The molecular weight excluding hydrogens is 713 g/mol. The first kappa shape index (κ1) is 36.1. The van der Waals surface area contributed by atoms with Crippen LogP contribution in [0.25, 0.3) is 43.8 Å². The van der Waals surface area contributed by atoms with Gasteiger partial charge < -0.3 is 0 Å². The highest BCUT2D eigenvalue weighted by Gasteiger charge is 2.40. The van der Waals surface area contributed by atoms with E-state index in [9.17, 15) is 19.2 Å². The quantitative estimate of drug-likeness (QED) is 0.159. The van der Waals surface area contributed by atoms with E-state index in [1.54, 1.807) is 24.3 Å². The lowest BCUT2D eigenvalue weighted by atomic mass is 9.93. The molecule has 0 amide bonds. The average molecular weight is 749 g/mol. The highest BCUT2D eigenvalue weighted by Crippen LogP contribution is 2.56. The molecule has 4 heteroatoms. The fraction of sp³-hybridized carbons (Fsp3) is 0.0370. The molecule has 0 saturated carbocycles. The van der Waals surface area contributed by atoms with Crippen LogP contribution in [0, 0.1) is 0 Å². The molecule has 0 radical (unpaired) electrons. The van der Waals surface area contributed by atoms with E-state index in [2.05, 4.69) is 36.4 Å². The SMILES string of the molecule is O=C(Cc1ccccc1)Cc1ccccc1.O=C1C(=O)c2cccc3cccc1c23.O=C1C(c2ccccc2)=C2C(=C1c1ccccc1)c1cccc3cccc2c13. The Kier molecular flexibility index (Phi) is 9.66. The summed E-state index contributed by atoms with van der Waals surface area (Å²) in [5.41, 5.74) is 11.4. The van der Waals surface area contributed by atoms with Gasteiger partial charge in [0.15, 0.2) is 5.78 Å². The fourth-order valence-electron chi connectivity index (χ4n) is 8.33. The molecule has 8 aromatic carbocycles. The van der Waals surface area contributed by atoms with E-state index in [4.69, 9.17) is 0 Å². The molecule has 11 rings (SSSR count). The number of rotatable bonds is 6. The summed E-state index contributed by atoms with van der Waals surface area (Å²) in [6, 6.07) is 63.5. The number of carbonyl (C=O) groups excluding carboxylic acids is 4. The van der Waals surface area contributed by atoms with Gasteiger partial charge in [0.2, 0.25) is 11.6 Å². The second-order valence-corrected chi connectivity index (χ2v) is 14.5. The molecule has 0 spiro atoms. The Balaban J connectivity index is 0.000000123. The van der Waals surface area contributed by atoms with E-state index in [0.717, 1.165) is 55.3 Å². The smallest absolute Gasteiger partial charge is 0.234 e. The Morgan fingerprint density at radius 3 is 1.02 bits per heavy atom. The van der Waals surface area contributed by atoms with Gasteiger partial charge in [0.25, 0.3) is 0 Å². The van der Waals surface area contributed by atoms with Crippen LogP contribution in [0.15, 0.2) is 194 Å². The second-order valence-electron chi connectivity index (χ2n) is 14.5. The summed E-state index contributed by atoms with van der Waals surface area (Å²) in [4.78, 5) is 48.6. The van der Waals surface area contributed by atoms with Crippen molar-refractivity contribution < 1.29 is 19.2 Å². The first-order valence-electron chi connectivity index (χ1n) is 19.3. The van der Waals surface area contributed by atoms with E-state index in [0.29, 0.717) is 24.0 Å². The summed E-state index contributed by atoms with van der Waals surface area (Å²) in [5, 5.41) is 4.24. The Bertz CT molecular complexity index is 2780. The number of hydrogen-bond acceptors (Lipinski definition) is 4. The van der Waals surface area contributed by atoms with Crippen molar-refractivity contribution in [2.24, 2.45) is 0 Å². The third-order valence-corrected chi connectivity index (χ3v) is 10.9. The van der Waals surface area contributed by atoms with Crippen molar-refractivity contribution in [2.75, 3.05) is 0 Å². The molecule has 58 heavy (non-hydrogen) atoms. The largest absolute Gasteiger partial charge is 0.299 e. The van der Waals surface area contributed by atoms with Crippen LogP contribution in [-0.2, 0) is 22.4 Å². The standard InChI is InChI=1S/C27H16O.C15H14O.C12H6O2/c28-27-23(18-9-3-1-4-10-18)25-20-15-7-13-17-14-8-16-21(22(17)20)26(25)24(27)19-11-5-2-6-12-19;16-15(11-13-7-3-1-4-8-13)12-14-9-5-2-6-10-14;13-11-8-5-1-3-7-4-2-6-9(10(7)8)12(11)14/h1-16H;1-10H,11-12H2;1-6H. The molecule has 0 aromatic heterocycles. The Hall–Kier alpha value is -7.56. The normalized spacial score (nSPS) is 13.3. The van der Waals surface area contributed by atoms with Gasteiger partial charge in [-0.2, -0.15) is 0 Å². The number of Topliss-reactive ketones (excluding diaryl/α,β-unsaturated/α-hetero) is 4. The number of carbonyl (C=O) groups is 4. The summed E-state index contributed by atoms with van der Waals surface area (Å²) in [5.74, 6) is -0.375. The number of allylic oxidation sites excluding steroid dienone is 4. The van der Waals surface area contributed by atoms with Crippen LogP contribution in [-0.4, -0.2) is 23.1 Å². The van der Waals surface area contributed by atoms with Crippen LogP contribution >= 0.6 is 0 Å². The highest BCUT2D eigenvalue weighted by atomic mass is 16.2. The summed E-state index contributed by atoms with van der Waals surface area (Å²) < 4.78 is 0. The predicted molar refractivity (Wildman–Crippen MR) is 233 cm³/mol. The molecule has 0 N–H and O–H groups in total. The van der Waals surface area contributed by atoms with Crippen LogP contribution in [0.3, 0.4) is 0 Å². The molecular formula is C54H36O4. The van der Waals surface area contributed by atoms with Crippen molar-refractivity contribution in [1.29, 1.82) is 0 Å². The number of ketones is 4. The molecule has 0 unspecified atom stereocenters. The number of benzene rings is 8. The van der Waals surface area contributed by atoms with Crippen LogP contribution < -0.4 is 0 Å². The molecule has 3 aliphatic carbocycles. The maximum absolute atomic E-state index is 13.7. The zero-order chi connectivity index (χ0) is 39.6. The lowest BCUT2D eigenvalue weighted by molar-refractivity contribution is -0.117. The maximum Gasteiger partial charge on any atom is 0.234 e. The molecule has 8 aromatic rings. The molecule has 0 aliphatic heterocycles. The van der Waals surface area contributed by atoms with E-state index in [1.165, 1.54) is 21.9 Å². The molecule has 276 valence electrons. The topological polar surface area (TPSA) is 68.3 Å². The van der Waals surface area contributed by atoms with E-state index >= 15 is 0 Å². The number of hydrogen-bond donors (Lipinski definition) is 0. The Morgan fingerprint density at radius 1 is 0.310 bits per heavy atom. The Labute approximate surface area is 336 Å². The third kappa shape index (κ3) is 6.61. The van der Waals surface area contributed by atoms with Gasteiger partial charge in [-0.15, -0.1) is 0 Å². The third-order valence-electron chi connectivity index (χ3n) is 10.9. The van der Waals surface area contributed by atoms with Gasteiger partial charge in [0, 0.05) is 51.6 Å². The van der Waals surface area contributed by atoms with Crippen molar-refractivity contribution in [3.8, 4) is 0 Å². The molecule has 0 bridgehead atoms. The molecule has 3 aliphatic rings.